The number of amides is 1. The van der Waals surface area contributed by atoms with Crippen molar-refractivity contribution in [2.75, 3.05) is 19.0 Å². The van der Waals surface area contributed by atoms with E-state index in [0.29, 0.717) is 23.8 Å². The number of anilines is 1. The molecule has 0 saturated carbocycles. The van der Waals surface area contributed by atoms with Crippen LogP contribution >= 0.6 is 0 Å². The third-order valence-corrected chi connectivity index (χ3v) is 3.62. The Morgan fingerprint density at radius 1 is 1.15 bits per heavy atom. The van der Waals surface area contributed by atoms with Crippen molar-refractivity contribution in [1.29, 1.82) is 0 Å². The standard InChI is InChI=1S/C21H23NO5/c1-4-26-19-11-6-5-8-16(19)12-13-20(23)27-15(2)21(24)22-17-9-7-10-18(14-17)25-3/h5-15H,4H2,1-3H3,(H,22,24)/b13-12+/t15-/m1/s1. The minimum absolute atomic E-state index is 0.431. The Morgan fingerprint density at radius 3 is 2.67 bits per heavy atom. The predicted octanol–water partition coefficient (Wildman–Crippen LogP) is 3.68. The van der Waals surface area contributed by atoms with Gasteiger partial charge in [0.05, 0.1) is 13.7 Å². The van der Waals surface area contributed by atoms with Crippen molar-refractivity contribution in [3.8, 4) is 11.5 Å². The highest BCUT2D eigenvalue weighted by Crippen LogP contribution is 2.20. The maximum absolute atomic E-state index is 12.2. The average molecular weight is 369 g/mol. The maximum Gasteiger partial charge on any atom is 0.331 e. The zero-order valence-corrected chi connectivity index (χ0v) is 15.6. The summed E-state index contributed by atoms with van der Waals surface area (Å²) >= 11 is 0. The molecule has 0 unspecified atom stereocenters. The van der Waals surface area contributed by atoms with E-state index in [1.807, 2.05) is 31.2 Å². The van der Waals surface area contributed by atoms with E-state index in [-0.39, 0.29) is 0 Å². The van der Waals surface area contributed by atoms with Gasteiger partial charge in [0.25, 0.3) is 5.91 Å². The largest absolute Gasteiger partial charge is 0.497 e. The Balaban J connectivity index is 1.93. The van der Waals surface area contributed by atoms with Crippen molar-refractivity contribution in [3.05, 3.63) is 60.2 Å². The lowest BCUT2D eigenvalue weighted by molar-refractivity contribution is -0.148. The van der Waals surface area contributed by atoms with E-state index >= 15 is 0 Å². The first-order valence-corrected chi connectivity index (χ1v) is 8.59. The monoisotopic (exact) mass is 369 g/mol. The molecule has 0 aromatic heterocycles. The molecule has 1 atom stereocenters. The number of esters is 1. The molecule has 2 aromatic carbocycles. The van der Waals surface area contributed by atoms with E-state index in [2.05, 4.69) is 5.32 Å². The van der Waals surface area contributed by atoms with E-state index < -0.39 is 18.0 Å². The lowest BCUT2D eigenvalue weighted by Crippen LogP contribution is -2.29. The smallest absolute Gasteiger partial charge is 0.331 e. The number of benzene rings is 2. The number of nitrogens with one attached hydrogen (secondary N) is 1. The molecule has 0 aliphatic heterocycles. The van der Waals surface area contributed by atoms with Gasteiger partial charge in [0.1, 0.15) is 11.5 Å². The van der Waals surface area contributed by atoms with Gasteiger partial charge in [0, 0.05) is 23.4 Å². The third-order valence-electron chi connectivity index (χ3n) is 3.62. The summed E-state index contributed by atoms with van der Waals surface area (Å²) in [7, 11) is 1.54. The molecule has 0 heterocycles. The van der Waals surface area contributed by atoms with Gasteiger partial charge in [-0.3, -0.25) is 4.79 Å². The first-order valence-electron chi connectivity index (χ1n) is 8.59. The van der Waals surface area contributed by atoms with Crippen LogP contribution in [0.25, 0.3) is 6.08 Å². The minimum Gasteiger partial charge on any atom is -0.497 e. The zero-order chi connectivity index (χ0) is 19.6. The van der Waals surface area contributed by atoms with Crippen LogP contribution in [0.15, 0.2) is 54.6 Å². The molecular weight excluding hydrogens is 346 g/mol. The van der Waals surface area contributed by atoms with Gasteiger partial charge in [0.2, 0.25) is 0 Å². The summed E-state index contributed by atoms with van der Waals surface area (Å²) < 4.78 is 15.8. The first-order chi connectivity index (χ1) is 13.0. The van der Waals surface area contributed by atoms with Crippen LogP contribution in [0.4, 0.5) is 5.69 Å². The first kappa shape index (κ1) is 20.0. The quantitative estimate of drug-likeness (QED) is 0.568. The Morgan fingerprint density at radius 2 is 1.93 bits per heavy atom. The van der Waals surface area contributed by atoms with E-state index in [4.69, 9.17) is 14.2 Å². The van der Waals surface area contributed by atoms with Crippen molar-refractivity contribution < 1.29 is 23.8 Å². The molecule has 1 amide bonds. The van der Waals surface area contributed by atoms with Gasteiger partial charge in [-0.25, -0.2) is 4.79 Å². The lowest BCUT2D eigenvalue weighted by atomic mass is 10.2. The highest BCUT2D eigenvalue weighted by Gasteiger charge is 2.17. The molecule has 0 aliphatic carbocycles. The van der Waals surface area contributed by atoms with Gasteiger partial charge in [0.15, 0.2) is 6.10 Å². The SMILES string of the molecule is CCOc1ccccc1/C=C/C(=O)O[C@H](C)C(=O)Nc1cccc(OC)c1. The number of rotatable bonds is 8. The normalized spacial score (nSPS) is 11.7. The molecule has 142 valence electrons. The van der Waals surface area contributed by atoms with Crippen LogP contribution in [0.3, 0.4) is 0 Å². The fraction of sp³-hybridized carbons (Fsp3) is 0.238. The number of para-hydroxylation sites is 1. The summed E-state index contributed by atoms with van der Waals surface area (Å²) in [5, 5.41) is 2.68. The summed E-state index contributed by atoms with van der Waals surface area (Å²) in [5.74, 6) is 0.246. The molecule has 0 spiro atoms. The second kappa shape index (κ2) is 10.0. The molecule has 2 aromatic rings. The Kier molecular flexibility index (Phi) is 7.43. The van der Waals surface area contributed by atoms with Gasteiger partial charge in [-0.15, -0.1) is 0 Å². The molecule has 1 N–H and O–H groups in total. The summed E-state index contributed by atoms with van der Waals surface area (Å²) in [6.45, 7) is 3.92. The molecule has 0 saturated heterocycles. The molecule has 6 nitrogen and oxygen atoms in total. The van der Waals surface area contributed by atoms with Gasteiger partial charge in [-0.2, -0.15) is 0 Å². The molecule has 0 aliphatic rings. The third kappa shape index (κ3) is 6.18. The van der Waals surface area contributed by atoms with Crippen LogP contribution in [-0.4, -0.2) is 31.7 Å². The van der Waals surface area contributed by atoms with Crippen LogP contribution in [0, 0.1) is 0 Å². The highest BCUT2D eigenvalue weighted by atomic mass is 16.5. The maximum atomic E-state index is 12.2. The van der Waals surface area contributed by atoms with Crippen molar-refractivity contribution >= 4 is 23.6 Å². The van der Waals surface area contributed by atoms with Crippen LogP contribution in [0.2, 0.25) is 0 Å². The molecule has 0 radical (unpaired) electrons. The fourth-order valence-corrected chi connectivity index (χ4v) is 2.27. The topological polar surface area (TPSA) is 73.9 Å². The van der Waals surface area contributed by atoms with Crippen molar-refractivity contribution in [3.63, 3.8) is 0 Å². The summed E-state index contributed by atoms with van der Waals surface area (Å²) in [6.07, 6.45) is 1.92. The van der Waals surface area contributed by atoms with E-state index in [0.717, 1.165) is 5.56 Å². The zero-order valence-electron chi connectivity index (χ0n) is 15.6. The average Bonchev–Trinajstić information content (AvgIpc) is 2.67. The number of hydrogen-bond acceptors (Lipinski definition) is 5. The van der Waals surface area contributed by atoms with Crippen LogP contribution in [-0.2, 0) is 14.3 Å². The van der Waals surface area contributed by atoms with Gasteiger partial charge >= 0.3 is 5.97 Å². The second-order valence-electron chi connectivity index (χ2n) is 5.60. The van der Waals surface area contributed by atoms with Crippen LogP contribution in [0.1, 0.15) is 19.4 Å². The summed E-state index contributed by atoms with van der Waals surface area (Å²) in [4.78, 5) is 24.2. The number of hydrogen-bond donors (Lipinski definition) is 1. The van der Waals surface area contributed by atoms with E-state index in [9.17, 15) is 9.59 Å². The van der Waals surface area contributed by atoms with Gasteiger partial charge < -0.3 is 19.5 Å². The van der Waals surface area contributed by atoms with Crippen LogP contribution in [0.5, 0.6) is 11.5 Å². The Bertz CT molecular complexity index is 816. The number of carbonyl (C=O) groups excluding carboxylic acids is 2. The lowest BCUT2D eigenvalue weighted by Gasteiger charge is -2.13. The molecule has 2 rings (SSSR count). The van der Waals surface area contributed by atoms with Crippen molar-refractivity contribution in [2.24, 2.45) is 0 Å². The van der Waals surface area contributed by atoms with E-state index in [1.165, 1.54) is 13.0 Å². The summed E-state index contributed by atoms with van der Waals surface area (Å²) in [5.41, 5.74) is 1.31. The molecule has 27 heavy (non-hydrogen) atoms. The van der Waals surface area contributed by atoms with Gasteiger partial charge in [-0.05, 0) is 38.1 Å². The van der Waals surface area contributed by atoms with Gasteiger partial charge in [-0.1, -0.05) is 24.3 Å². The molecule has 0 bridgehead atoms. The van der Waals surface area contributed by atoms with Crippen molar-refractivity contribution in [1.82, 2.24) is 0 Å². The highest BCUT2D eigenvalue weighted by molar-refractivity contribution is 5.96. The number of carbonyl (C=O) groups is 2. The number of methoxy groups -OCH3 is 1. The second-order valence-corrected chi connectivity index (χ2v) is 5.60. The molecular formula is C21H23NO5. The molecule has 6 heteroatoms. The van der Waals surface area contributed by atoms with Crippen molar-refractivity contribution in [2.45, 2.75) is 20.0 Å². The summed E-state index contributed by atoms with van der Waals surface area (Å²) in [6, 6.07) is 14.3. The Labute approximate surface area is 158 Å². The van der Waals surface area contributed by atoms with E-state index in [1.54, 1.807) is 37.5 Å². The van der Waals surface area contributed by atoms with Crippen LogP contribution < -0.4 is 14.8 Å². The fourth-order valence-electron chi connectivity index (χ4n) is 2.27. The predicted molar refractivity (Wildman–Crippen MR) is 104 cm³/mol. The Hall–Kier alpha value is -3.28. The minimum atomic E-state index is -0.949. The number of ether oxygens (including phenoxy) is 3. The molecule has 0 fully saturated rings.